The number of alkyl halides is 3. The van der Waals surface area contributed by atoms with Crippen LogP contribution in [-0.2, 0) is 20.4 Å². The van der Waals surface area contributed by atoms with E-state index < -0.39 is 17.5 Å². The van der Waals surface area contributed by atoms with Gasteiger partial charge in [0.15, 0.2) is 12.6 Å². The second kappa shape index (κ2) is 9.25. The van der Waals surface area contributed by atoms with Crippen molar-refractivity contribution in [3.05, 3.63) is 29.8 Å². The van der Waals surface area contributed by atoms with E-state index >= 15 is 0 Å². The first-order valence-corrected chi connectivity index (χ1v) is 8.20. The summed E-state index contributed by atoms with van der Waals surface area (Å²) >= 11 is 0. The van der Waals surface area contributed by atoms with Crippen molar-refractivity contribution in [2.24, 2.45) is 0 Å². The van der Waals surface area contributed by atoms with Crippen LogP contribution in [-0.4, -0.2) is 30.9 Å². The number of phenols is 1. The molecule has 0 amide bonds. The highest BCUT2D eigenvalue weighted by atomic mass is 19.4. The Labute approximate surface area is 139 Å². The van der Waals surface area contributed by atoms with Crippen LogP contribution in [0.2, 0.25) is 0 Å². The van der Waals surface area contributed by atoms with E-state index in [1.54, 1.807) is 0 Å². The summed E-state index contributed by atoms with van der Waals surface area (Å²) in [6.45, 7) is 1.69. The van der Waals surface area contributed by atoms with Gasteiger partial charge in [0, 0.05) is 13.2 Å². The average Bonchev–Trinajstić information content (AvgIpc) is 2.57. The monoisotopic (exact) mass is 348 g/mol. The third-order valence-corrected chi connectivity index (χ3v) is 3.79. The molecule has 24 heavy (non-hydrogen) atoms. The van der Waals surface area contributed by atoms with E-state index in [0.717, 1.165) is 38.2 Å². The number of hydrogen-bond donors (Lipinski definition) is 1. The molecule has 0 aliphatic carbocycles. The molecule has 2 saturated heterocycles. The predicted octanol–water partition coefficient (Wildman–Crippen LogP) is 4.47. The van der Waals surface area contributed by atoms with Gasteiger partial charge in [-0.3, -0.25) is 0 Å². The topological polar surface area (TPSA) is 47.9 Å². The fourth-order valence-electron chi connectivity index (χ4n) is 2.52. The van der Waals surface area contributed by atoms with Crippen LogP contribution in [0.3, 0.4) is 0 Å². The molecule has 136 valence electrons. The molecular weight excluding hydrogens is 325 g/mol. The van der Waals surface area contributed by atoms with Crippen molar-refractivity contribution in [3.8, 4) is 5.75 Å². The van der Waals surface area contributed by atoms with E-state index in [2.05, 4.69) is 0 Å². The summed E-state index contributed by atoms with van der Waals surface area (Å²) in [4.78, 5) is 0. The summed E-state index contributed by atoms with van der Waals surface area (Å²) in [5, 5.41) is 8.73. The minimum atomic E-state index is -4.47. The fraction of sp³-hybridized carbons (Fsp3) is 0.647. The molecule has 2 fully saturated rings. The molecule has 0 radical (unpaired) electrons. The molecule has 1 N–H and O–H groups in total. The molecule has 0 bridgehead atoms. The maximum Gasteiger partial charge on any atom is 0.419 e. The summed E-state index contributed by atoms with van der Waals surface area (Å²) in [6, 6.07) is 4.39. The third-order valence-electron chi connectivity index (χ3n) is 3.79. The number of para-hydroxylation sites is 1. The Morgan fingerprint density at radius 2 is 1.46 bits per heavy atom. The molecule has 2 heterocycles. The van der Waals surface area contributed by atoms with Crippen molar-refractivity contribution in [2.75, 3.05) is 13.2 Å². The molecule has 1 aromatic carbocycles. The zero-order valence-electron chi connectivity index (χ0n) is 13.4. The maximum atomic E-state index is 11.9. The highest BCUT2D eigenvalue weighted by Crippen LogP contribution is 2.34. The van der Waals surface area contributed by atoms with Crippen LogP contribution in [0.4, 0.5) is 13.2 Å². The van der Waals surface area contributed by atoms with Crippen molar-refractivity contribution in [3.63, 3.8) is 0 Å². The Hall–Kier alpha value is -1.31. The fourth-order valence-corrected chi connectivity index (χ4v) is 2.52. The second-order valence-corrected chi connectivity index (χ2v) is 5.74. The molecule has 0 aromatic heterocycles. The van der Waals surface area contributed by atoms with Crippen LogP contribution in [0.5, 0.6) is 5.75 Å². The molecular formula is C17H23F3O4. The minimum absolute atomic E-state index is 0.00292. The van der Waals surface area contributed by atoms with Gasteiger partial charge in [0.2, 0.25) is 0 Å². The van der Waals surface area contributed by atoms with Gasteiger partial charge in [-0.2, -0.15) is 13.2 Å². The molecule has 2 aliphatic rings. The number of rotatable bonds is 2. The van der Waals surface area contributed by atoms with E-state index in [9.17, 15) is 13.2 Å². The Morgan fingerprint density at radius 1 is 0.917 bits per heavy atom. The minimum Gasteiger partial charge on any atom is -0.507 e. The van der Waals surface area contributed by atoms with Crippen LogP contribution >= 0.6 is 0 Å². The van der Waals surface area contributed by atoms with Crippen molar-refractivity contribution in [2.45, 2.75) is 57.3 Å². The lowest BCUT2D eigenvalue weighted by Crippen LogP contribution is -2.31. The van der Waals surface area contributed by atoms with Crippen LogP contribution in [0.25, 0.3) is 0 Å². The van der Waals surface area contributed by atoms with Crippen LogP contribution in [0.1, 0.15) is 44.1 Å². The van der Waals surface area contributed by atoms with Crippen molar-refractivity contribution in [1.82, 2.24) is 0 Å². The molecule has 2 aliphatic heterocycles. The molecule has 0 saturated carbocycles. The third kappa shape index (κ3) is 6.30. The molecule has 0 spiro atoms. The molecule has 3 rings (SSSR count). The van der Waals surface area contributed by atoms with E-state index in [0.29, 0.717) is 0 Å². The van der Waals surface area contributed by atoms with E-state index in [4.69, 9.17) is 19.3 Å². The largest absolute Gasteiger partial charge is 0.507 e. The number of phenolic OH excluding ortho intramolecular Hbond substituents is 1. The van der Waals surface area contributed by atoms with Gasteiger partial charge in [0.25, 0.3) is 0 Å². The van der Waals surface area contributed by atoms with Gasteiger partial charge in [0.05, 0.1) is 5.56 Å². The molecule has 2 unspecified atom stereocenters. The summed E-state index contributed by atoms with van der Waals surface area (Å²) in [5.41, 5.74) is -1.000. The van der Waals surface area contributed by atoms with Gasteiger partial charge in [-0.25, -0.2) is 0 Å². The SMILES string of the molecule is C1CCC(OC2CCCCO2)OC1.Oc1ccccc1C(F)(F)F. The van der Waals surface area contributed by atoms with Gasteiger partial charge in [-0.15, -0.1) is 0 Å². The van der Waals surface area contributed by atoms with Crippen molar-refractivity contribution < 1.29 is 32.5 Å². The summed E-state index contributed by atoms with van der Waals surface area (Å²) < 4.78 is 52.3. The molecule has 2 atom stereocenters. The lowest BCUT2D eigenvalue weighted by atomic mass is 10.2. The van der Waals surface area contributed by atoms with Gasteiger partial charge in [-0.1, -0.05) is 12.1 Å². The van der Waals surface area contributed by atoms with Gasteiger partial charge < -0.3 is 19.3 Å². The molecule has 1 aromatic rings. The van der Waals surface area contributed by atoms with Crippen LogP contribution in [0.15, 0.2) is 24.3 Å². The van der Waals surface area contributed by atoms with Crippen LogP contribution < -0.4 is 0 Å². The highest BCUT2D eigenvalue weighted by molar-refractivity contribution is 5.33. The van der Waals surface area contributed by atoms with Gasteiger partial charge in [-0.05, 0) is 50.7 Å². The maximum absolute atomic E-state index is 11.9. The molecule has 7 heteroatoms. The first kappa shape index (κ1) is 19.0. The van der Waals surface area contributed by atoms with Crippen molar-refractivity contribution in [1.29, 1.82) is 0 Å². The normalized spacial score (nSPS) is 24.8. The number of aromatic hydroxyl groups is 1. The smallest absolute Gasteiger partial charge is 0.419 e. The Kier molecular flexibility index (Phi) is 7.33. The molecule has 4 nitrogen and oxygen atoms in total. The number of hydrogen-bond acceptors (Lipinski definition) is 4. The zero-order valence-corrected chi connectivity index (χ0v) is 13.4. The van der Waals surface area contributed by atoms with Gasteiger partial charge >= 0.3 is 6.18 Å². The zero-order chi connectivity index (χ0) is 17.4. The summed E-state index contributed by atoms with van der Waals surface area (Å²) in [5.74, 6) is -0.736. The van der Waals surface area contributed by atoms with E-state index in [1.165, 1.54) is 37.8 Å². The Morgan fingerprint density at radius 3 is 1.83 bits per heavy atom. The first-order valence-electron chi connectivity index (χ1n) is 8.20. The summed E-state index contributed by atoms with van der Waals surface area (Å²) in [6.07, 6.45) is 2.37. The van der Waals surface area contributed by atoms with Crippen molar-refractivity contribution >= 4 is 0 Å². The Bertz CT molecular complexity index is 465. The highest BCUT2D eigenvalue weighted by Gasteiger charge is 2.33. The lowest BCUT2D eigenvalue weighted by molar-refractivity contribution is -0.264. The quantitative estimate of drug-likeness (QED) is 0.857. The van der Waals surface area contributed by atoms with Crippen LogP contribution in [0, 0.1) is 0 Å². The van der Waals surface area contributed by atoms with E-state index in [1.807, 2.05) is 0 Å². The second-order valence-electron chi connectivity index (χ2n) is 5.74. The summed E-state index contributed by atoms with van der Waals surface area (Å²) in [7, 11) is 0. The van der Waals surface area contributed by atoms with Gasteiger partial charge in [0.1, 0.15) is 5.75 Å². The number of ether oxygens (including phenoxy) is 3. The Balaban J connectivity index is 0.000000177. The van der Waals surface area contributed by atoms with E-state index in [-0.39, 0.29) is 12.6 Å². The number of benzene rings is 1. The predicted molar refractivity (Wildman–Crippen MR) is 81.4 cm³/mol. The average molecular weight is 348 g/mol. The standard InChI is InChI=1S/C10H18O3.C7H5F3O/c1-3-7-11-9(5-1)13-10-6-2-4-8-12-10;8-7(9,10)5-3-1-2-4-6(5)11/h9-10H,1-8H2;1-4,11H. The lowest BCUT2D eigenvalue weighted by Gasteiger charge is -2.29. The number of halogens is 3. The first-order chi connectivity index (χ1) is 11.5.